The summed E-state index contributed by atoms with van der Waals surface area (Å²) in [6.45, 7) is 0. The standard InChI is InChI=1S/C8H6N2O2.C8H8N2.CH4.CH3.Pd/c9-5-4-7-2-1-3-8(6-7)10(11)12;9-5-4-7-2-1-3-8(10)6-7;;;/h1-3,6H,4H2;1-3,6H,4,10H2;1H4;1H3;/q;;;-1;. The summed E-state index contributed by atoms with van der Waals surface area (Å²) >= 11 is 0. The van der Waals surface area contributed by atoms with Gasteiger partial charge in [0.15, 0.2) is 0 Å². The van der Waals surface area contributed by atoms with Gasteiger partial charge in [0.2, 0.25) is 0 Å². The molecule has 136 valence electrons. The molecule has 25 heavy (non-hydrogen) atoms. The van der Waals surface area contributed by atoms with Crippen molar-refractivity contribution in [3.63, 3.8) is 0 Å². The molecule has 0 aromatic heterocycles. The van der Waals surface area contributed by atoms with E-state index in [1.807, 2.05) is 24.3 Å². The van der Waals surface area contributed by atoms with Crippen LogP contribution in [0.3, 0.4) is 0 Å². The number of rotatable bonds is 3. The predicted molar refractivity (Wildman–Crippen MR) is 95.7 cm³/mol. The first kappa shape index (κ1) is 27.1. The van der Waals surface area contributed by atoms with Gasteiger partial charge >= 0.3 is 0 Å². The van der Waals surface area contributed by atoms with Crippen molar-refractivity contribution >= 4 is 11.4 Å². The molecule has 0 unspecified atom stereocenters. The number of non-ortho nitro benzene ring substituents is 1. The molecule has 0 aliphatic carbocycles. The zero-order valence-electron chi connectivity index (χ0n) is 13.1. The molecule has 6 nitrogen and oxygen atoms in total. The molecule has 0 atom stereocenters. The second-order valence-corrected chi connectivity index (χ2v) is 4.34. The van der Waals surface area contributed by atoms with Crippen molar-refractivity contribution in [2.45, 2.75) is 20.3 Å². The molecule has 2 aromatic carbocycles. The third kappa shape index (κ3) is 10.6. The molecule has 0 saturated heterocycles. The van der Waals surface area contributed by atoms with E-state index in [-0.39, 0.29) is 47.4 Å². The maximum absolute atomic E-state index is 10.3. The summed E-state index contributed by atoms with van der Waals surface area (Å²) in [5.41, 5.74) is 7.87. The summed E-state index contributed by atoms with van der Waals surface area (Å²) in [4.78, 5) is 9.81. The maximum Gasteiger partial charge on any atom is 0.269 e. The topological polar surface area (TPSA) is 117 Å². The van der Waals surface area contributed by atoms with Crippen molar-refractivity contribution < 1.29 is 25.3 Å². The van der Waals surface area contributed by atoms with Crippen LogP contribution in [0.4, 0.5) is 11.4 Å². The fraction of sp³-hybridized carbons (Fsp3) is 0.167. The molecular formula is C18H21N4O2Pd-. The Morgan fingerprint density at radius 3 is 1.92 bits per heavy atom. The maximum atomic E-state index is 10.3. The van der Waals surface area contributed by atoms with Gasteiger partial charge in [-0.05, 0) is 23.3 Å². The van der Waals surface area contributed by atoms with Crippen LogP contribution in [0, 0.1) is 40.2 Å². The van der Waals surface area contributed by atoms with Crippen LogP contribution in [0.5, 0.6) is 0 Å². The third-order valence-electron chi connectivity index (χ3n) is 2.64. The van der Waals surface area contributed by atoms with Gasteiger partial charge in [-0.2, -0.15) is 10.5 Å². The number of nitrogens with two attached hydrogens (primary N) is 1. The van der Waals surface area contributed by atoms with E-state index in [4.69, 9.17) is 16.3 Å². The average Bonchev–Trinajstić information content (AvgIpc) is 2.49. The van der Waals surface area contributed by atoms with Gasteiger partial charge < -0.3 is 13.2 Å². The second-order valence-electron chi connectivity index (χ2n) is 4.34. The number of anilines is 1. The van der Waals surface area contributed by atoms with Gasteiger partial charge in [-0.25, -0.2) is 0 Å². The molecule has 0 aliphatic heterocycles. The molecule has 7 heteroatoms. The van der Waals surface area contributed by atoms with Gasteiger partial charge in [-0.3, -0.25) is 10.1 Å². The summed E-state index contributed by atoms with van der Waals surface area (Å²) in [7, 11) is 0. The van der Waals surface area contributed by atoms with Crippen molar-refractivity contribution in [3.05, 3.63) is 77.2 Å². The predicted octanol–water partition coefficient (Wildman–Crippen LogP) is 4.08. The van der Waals surface area contributed by atoms with Crippen LogP contribution in [-0.2, 0) is 33.3 Å². The van der Waals surface area contributed by atoms with E-state index >= 15 is 0 Å². The summed E-state index contributed by atoms with van der Waals surface area (Å²) in [5, 5.41) is 26.9. The largest absolute Gasteiger partial charge is 0.399 e. The molecule has 0 aliphatic rings. The molecule has 0 amide bonds. The molecule has 2 rings (SSSR count). The molecule has 0 heterocycles. The van der Waals surface area contributed by atoms with Crippen LogP contribution in [0.2, 0.25) is 0 Å². The molecule has 2 aromatic rings. The van der Waals surface area contributed by atoms with Crippen molar-refractivity contribution in [1.82, 2.24) is 0 Å². The van der Waals surface area contributed by atoms with Gasteiger partial charge in [0, 0.05) is 38.2 Å². The summed E-state index contributed by atoms with van der Waals surface area (Å²) in [6.07, 6.45) is 0.646. The molecule has 0 spiro atoms. The monoisotopic (exact) mass is 431 g/mol. The number of nitriles is 2. The number of nitro groups is 1. The van der Waals surface area contributed by atoms with E-state index in [0.29, 0.717) is 17.7 Å². The van der Waals surface area contributed by atoms with Gasteiger partial charge in [0.05, 0.1) is 29.9 Å². The molecule has 0 saturated carbocycles. The Labute approximate surface area is 162 Å². The minimum Gasteiger partial charge on any atom is -0.399 e. The van der Waals surface area contributed by atoms with Gasteiger partial charge in [0.1, 0.15) is 0 Å². The molecule has 2 N–H and O–H groups in total. The zero-order chi connectivity index (χ0) is 16.4. The van der Waals surface area contributed by atoms with Gasteiger partial charge in [-0.1, -0.05) is 31.7 Å². The fourth-order valence-electron chi connectivity index (χ4n) is 1.67. The Kier molecular flexibility index (Phi) is 16.1. The minimum absolute atomic E-state index is 0. The molecule has 0 radical (unpaired) electrons. The SMILES string of the molecule is C.N#CCc1cccc(N)c1.N#CCc1cccc([N+](=O)[O-])c1.[CH3-].[Pd]. The quantitative estimate of drug-likeness (QED) is 0.258. The number of hydrogen-bond donors (Lipinski definition) is 1. The van der Waals surface area contributed by atoms with E-state index in [2.05, 4.69) is 6.07 Å². The van der Waals surface area contributed by atoms with E-state index in [9.17, 15) is 10.1 Å². The smallest absolute Gasteiger partial charge is 0.269 e. The van der Waals surface area contributed by atoms with Crippen LogP contribution in [0.25, 0.3) is 0 Å². The van der Waals surface area contributed by atoms with Gasteiger partial charge in [0.25, 0.3) is 5.69 Å². The number of nitrogens with zero attached hydrogens (tertiary/aromatic N) is 3. The van der Waals surface area contributed by atoms with Gasteiger partial charge in [-0.15, -0.1) is 0 Å². The summed E-state index contributed by atoms with van der Waals surface area (Å²) in [5.74, 6) is 0. The van der Waals surface area contributed by atoms with Crippen LogP contribution >= 0.6 is 0 Å². The first-order valence-electron chi connectivity index (χ1n) is 6.38. The van der Waals surface area contributed by atoms with E-state index < -0.39 is 4.92 Å². The molecular weight excluding hydrogens is 411 g/mol. The molecule has 0 bridgehead atoms. The summed E-state index contributed by atoms with van der Waals surface area (Å²) < 4.78 is 0. The third-order valence-corrected chi connectivity index (χ3v) is 2.64. The first-order chi connectivity index (χ1) is 10.6. The van der Waals surface area contributed by atoms with Crippen LogP contribution < -0.4 is 5.73 Å². The number of hydrogen-bond acceptors (Lipinski definition) is 5. The van der Waals surface area contributed by atoms with Crippen molar-refractivity contribution in [1.29, 1.82) is 10.5 Å². The van der Waals surface area contributed by atoms with E-state index in [1.54, 1.807) is 18.2 Å². The van der Waals surface area contributed by atoms with Crippen LogP contribution in [-0.4, -0.2) is 4.92 Å². The number of nitro benzene ring substituents is 1. The van der Waals surface area contributed by atoms with Crippen molar-refractivity contribution in [2.75, 3.05) is 5.73 Å². The average molecular weight is 432 g/mol. The Bertz CT molecular complexity index is 736. The normalized spacial score (nSPS) is 7.76. The van der Waals surface area contributed by atoms with Crippen molar-refractivity contribution in [3.8, 4) is 12.1 Å². The van der Waals surface area contributed by atoms with Crippen LogP contribution in [0.15, 0.2) is 48.5 Å². The first-order valence-corrected chi connectivity index (χ1v) is 6.38. The Morgan fingerprint density at radius 1 is 1.00 bits per heavy atom. The molecule has 0 fully saturated rings. The number of benzene rings is 2. The Morgan fingerprint density at radius 2 is 1.48 bits per heavy atom. The van der Waals surface area contributed by atoms with Crippen LogP contribution in [0.1, 0.15) is 18.6 Å². The van der Waals surface area contributed by atoms with E-state index in [1.165, 1.54) is 12.1 Å². The zero-order valence-corrected chi connectivity index (χ0v) is 14.6. The summed E-state index contributed by atoms with van der Waals surface area (Å²) in [6, 6.07) is 17.4. The number of nitrogen functional groups attached to an aromatic ring is 1. The fourth-order valence-corrected chi connectivity index (χ4v) is 1.67. The minimum atomic E-state index is -0.471. The second kappa shape index (κ2) is 14.8. The Balaban J connectivity index is -0.000000350. The van der Waals surface area contributed by atoms with Crippen molar-refractivity contribution in [2.24, 2.45) is 0 Å². The van der Waals surface area contributed by atoms with E-state index in [0.717, 1.165) is 5.56 Å². The Hall–Kier alpha value is -2.72.